The number of hydrogen-bond donors (Lipinski definition) is 1. The van der Waals surface area contributed by atoms with E-state index < -0.39 is 11.3 Å². The zero-order valence-corrected chi connectivity index (χ0v) is 17.3. The number of rotatable bonds is 3. The first kappa shape index (κ1) is 18.9. The van der Waals surface area contributed by atoms with E-state index in [1.807, 2.05) is 12.3 Å². The van der Waals surface area contributed by atoms with Crippen LogP contribution in [0.3, 0.4) is 0 Å². The van der Waals surface area contributed by atoms with E-state index in [4.69, 9.17) is 19.9 Å². The van der Waals surface area contributed by atoms with Gasteiger partial charge in [0.2, 0.25) is 11.8 Å². The summed E-state index contributed by atoms with van der Waals surface area (Å²) in [6, 6.07) is 8.76. The van der Waals surface area contributed by atoms with Gasteiger partial charge >= 0.3 is 0 Å². The fourth-order valence-electron chi connectivity index (χ4n) is 4.89. The van der Waals surface area contributed by atoms with Gasteiger partial charge in [0.05, 0.1) is 12.2 Å². The number of amides is 2. The number of fused-ring (bicyclic) bond motifs is 5. The summed E-state index contributed by atoms with van der Waals surface area (Å²) in [7, 11) is 0. The van der Waals surface area contributed by atoms with E-state index in [1.165, 1.54) is 0 Å². The number of nitrogens with two attached hydrogens (primary N) is 1. The number of allylic oxidation sites excluding steroid dienone is 1. The summed E-state index contributed by atoms with van der Waals surface area (Å²) >= 11 is 0. The van der Waals surface area contributed by atoms with Crippen molar-refractivity contribution < 1.29 is 23.8 Å². The lowest BCUT2D eigenvalue weighted by atomic mass is 9.76. The van der Waals surface area contributed by atoms with E-state index in [9.17, 15) is 9.59 Å². The van der Waals surface area contributed by atoms with E-state index >= 15 is 0 Å². The number of primary amides is 1. The average molecular weight is 431 g/mol. The number of anilines is 1. The molecule has 0 aliphatic carbocycles. The molecule has 2 N–H and O–H groups in total. The number of ether oxygens (including phenoxy) is 3. The summed E-state index contributed by atoms with van der Waals surface area (Å²) in [6.07, 6.45) is 5.72. The van der Waals surface area contributed by atoms with Gasteiger partial charge in [0.15, 0.2) is 11.5 Å². The third kappa shape index (κ3) is 2.58. The Morgan fingerprint density at radius 3 is 2.59 bits per heavy atom. The van der Waals surface area contributed by atoms with Crippen LogP contribution >= 0.6 is 0 Å². The molecule has 4 heterocycles. The SMILES string of the molecule is NC(=O)c1ccc2c(c1)C1(COc3cc4c(cc31)OCCO4)C(=O)N2CC1=CCCC=N1. The lowest BCUT2D eigenvalue weighted by Crippen LogP contribution is -2.43. The molecule has 6 rings (SSSR count). The van der Waals surface area contributed by atoms with Crippen LogP contribution in [0.15, 0.2) is 47.1 Å². The Balaban J connectivity index is 1.53. The maximum Gasteiger partial charge on any atom is 0.248 e. The predicted molar refractivity (Wildman–Crippen MR) is 117 cm³/mol. The van der Waals surface area contributed by atoms with Crippen molar-refractivity contribution in [2.75, 3.05) is 31.3 Å². The summed E-state index contributed by atoms with van der Waals surface area (Å²) in [4.78, 5) is 32.2. The van der Waals surface area contributed by atoms with Crippen LogP contribution in [-0.4, -0.2) is 44.4 Å². The lowest BCUT2D eigenvalue weighted by Gasteiger charge is -2.25. The van der Waals surface area contributed by atoms with E-state index in [2.05, 4.69) is 11.1 Å². The Hall–Kier alpha value is -3.81. The molecular weight excluding hydrogens is 410 g/mol. The molecule has 4 aliphatic heterocycles. The number of nitrogens with zero attached hydrogens (tertiary/aromatic N) is 2. The van der Waals surface area contributed by atoms with Gasteiger partial charge in [0, 0.05) is 34.7 Å². The zero-order valence-electron chi connectivity index (χ0n) is 17.3. The van der Waals surface area contributed by atoms with Gasteiger partial charge in [-0.25, -0.2) is 0 Å². The number of aliphatic imine (C=N–C) groups is 1. The second-order valence-corrected chi connectivity index (χ2v) is 8.26. The molecule has 0 aromatic heterocycles. The third-order valence-corrected chi connectivity index (χ3v) is 6.44. The first-order valence-corrected chi connectivity index (χ1v) is 10.6. The second kappa shape index (κ2) is 6.85. The number of carbonyl (C=O) groups is 2. The van der Waals surface area contributed by atoms with E-state index in [0.29, 0.717) is 53.7 Å². The van der Waals surface area contributed by atoms with Crippen LogP contribution in [0, 0.1) is 0 Å². The molecule has 4 aliphatic rings. The van der Waals surface area contributed by atoms with Crippen LogP contribution in [0.25, 0.3) is 0 Å². The molecule has 1 unspecified atom stereocenters. The molecule has 0 bridgehead atoms. The predicted octanol–water partition coefficient (Wildman–Crippen LogP) is 2.33. The van der Waals surface area contributed by atoms with Crippen molar-refractivity contribution in [3.05, 3.63) is 58.8 Å². The van der Waals surface area contributed by atoms with Crippen molar-refractivity contribution in [2.45, 2.75) is 18.3 Å². The molecule has 162 valence electrons. The zero-order chi connectivity index (χ0) is 21.9. The largest absolute Gasteiger partial charge is 0.491 e. The maximum atomic E-state index is 14.1. The Morgan fingerprint density at radius 2 is 1.84 bits per heavy atom. The van der Waals surface area contributed by atoms with Gasteiger partial charge in [0.1, 0.15) is 31.0 Å². The summed E-state index contributed by atoms with van der Waals surface area (Å²) < 4.78 is 17.5. The minimum absolute atomic E-state index is 0.119. The van der Waals surface area contributed by atoms with Crippen LogP contribution in [0.1, 0.15) is 34.3 Å². The Kier molecular flexibility index (Phi) is 4.05. The highest BCUT2D eigenvalue weighted by atomic mass is 16.6. The standard InChI is InChI=1S/C24H21N3O5/c25-22(28)14-4-5-18-16(9-14)24(23(29)27(18)12-15-3-1-2-6-26-15)13-32-19-11-21-20(10-17(19)24)30-7-8-31-21/h3-6,9-11H,1-2,7-8,12-13H2,(H2,25,28). The number of carbonyl (C=O) groups excluding carboxylic acids is 2. The molecule has 0 fully saturated rings. The van der Waals surface area contributed by atoms with Crippen molar-refractivity contribution in [2.24, 2.45) is 10.7 Å². The molecule has 2 aromatic carbocycles. The first-order chi connectivity index (χ1) is 15.6. The van der Waals surface area contributed by atoms with Gasteiger partial charge in [-0.3, -0.25) is 14.6 Å². The van der Waals surface area contributed by atoms with Gasteiger partial charge in [0.25, 0.3) is 0 Å². The summed E-state index contributed by atoms with van der Waals surface area (Å²) in [5.41, 5.74) is 7.80. The van der Waals surface area contributed by atoms with Crippen molar-refractivity contribution in [1.82, 2.24) is 0 Å². The van der Waals surface area contributed by atoms with Gasteiger partial charge in [-0.15, -0.1) is 0 Å². The van der Waals surface area contributed by atoms with Crippen molar-refractivity contribution in [3.8, 4) is 17.2 Å². The van der Waals surface area contributed by atoms with Crippen LogP contribution in [-0.2, 0) is 10.2 Å². The topological polar surface area (TPSA) is 103 Å². The average Bonchev–Trinajstić information content (AvgIpc) is 3.30. The third-order valence-electron chi connectivity index (χ3n) is 6.44. The highest BCUT2D eigenvalue weighted by Gasteiger charge is 2.57. The summed E-state index contributed by atoms with van der Waals surface area (Å²) in [5.74, 6) is 1.09. The van der Waals surface area contributed by atoms with E-state index in [0.717, 1.165) is 24.2 Å². The molecule has 0 saturated heterocycles. The fraction of sp³-hybridized carbons (Fsp3) is 0.292. The Bertz CT molecular complexity index is 1230. The molecule has 1 atom stereocenters. The Labute approximate surface area is 184 Å². The molecule has 0 radical (unpaired) electrons. The minimum atomic E-state index is -1.09. The quantitative estimate of drug-likeness (QED) is 0.803. The van der Waals surface area contributed by atoms with Crippen molar-refractivity contribution >= 4 is 23.7 Å². The lowest BCUT2D eigenvalue weighted by molar-refractivity contribution is -0.122. The molecule has 1 spiro atoms. The van der Waals surface area contributed by atoms with Crippen LogP contribution in [0.5, 0.6) is 17.2 Å². The highest BCUT2D eigenvalue weighted by molar-refractivity contribution is 6.12. The molecule has 32 heavy (non-hydrogen) atoms. The van der Waals surface area contributed by atoms with Crippen LogP contribution in [0.2, 0.25) is 0 Å². The van der Waals surface area contributed by atoms with E-state index in [-0.39, 0.29) is 12.5 Å². The molecule has 8 nitrogen and oxygen atoms in total. The maximum absolute atomic E-state index is 14.1. The first-order valence-electron chi connectivity index (χ1n) is 10.6. The summed E-state index contributed by atoms with van der Waals surface area (Å²) in [5, 5.41) is 0. The fourth-order valence-corrected chi connectivity index (χ4v) is 4.89. The van der Waals surface area contributed by atoms with Gasteiger partial charge in [-0.05, 0) is 37.1 Å². The normalized spacial score (nSPS) is 22.4. The molecule has 2 amide bonds. The van der Waals surface area contributed by atoms with Gasteiger partial charge in [-0.1, -0.05) is 6.08 Å². The number of hydrogen-bond acceptors (Lipinski definition) is 6. The molecule has 2 aromatic rings. The number of benzene rings is 2. The summed E-state index contributed by atoms with van der Waals surface area (Å²) in [6.45, 7) is 1.37. The molecule has 8 heteroatoms. The Morgan fingerprint density at radius 1 is 1.03 bits per heavy atom. The van der Waals surface area contributed by atoms with Crippen LogP contribution in [0.4, 0.5) is 5.69 Å². The highest BCUT2D eigenvalue weighted by Crippen LogP contribution is 2.55. The van der Waals surface area contributed by atoms with Crippen molar-refractivity contribution in [3.63, 3.8) is 0 Å². The minimum Gasteiger partial charge on any atom is -0.491 e. The van der Waals surface area contributed by atoms with Crippen LogP contribution < -0.4 is 24.8 Å². The van der Waals surface area contributed by atoms with Crippen molar-refractivity contribution in [1.29, 1.82) is 0 Å². The van der Waals surface area contributed by atoms with Gasteiger partial charge in [-0.2, -0.15) is 0 Å². The van der Waals surface area contributed by atoms with Gasteiger partial charge < -0.3 is 24.8 Å². The molecular formula is C24H21N3O5. The van der Waals surface area contributed by atoms with E-state index in [1.54, 1.807) is 29.2 Å². The molecule has 0 saturated carbocycles. The smallest absolute Gasteiger partial charge is 0.248 e. The second-order valence-electron chi connectivity index (χ2n) is 8.26. The monoisotopic (exact) mass is 431 g/mol.